The summed E-state index contributed by atoms with van der Waals surface area (Å²) < 4.78 is 0. The Morgan fingerprint density at radius 3 is 2.62 bits per heavy atom. The summed E-state index contributed by atoms with van der Waals surface area (Å²) in [5, 5.41) is 20.8. The van der Waals surface area contributed by atoms with E-state index in [2.05, 4.69) is 20.8 Å². The summed E-state index contributed by atoms with van der Waals surface area (Å²) >= 11 is 0. The molecule has 0 heterocycles. The summed E-state index contributed by atoms with van der Waals surface area (Å²) in [6, 6.07) is 0. The number of carbonyl (C=O) groups excluding carboxylic acids is 1. The van der Waals surface area contributed by atoms with Gasteiger partial charge in [-0.15, -0.1) is 0 Å². The van der Waals surface area contributed by atoms with Crippen LogP contribution in [0.15, 0.2) is 11.6 Å². The fraction of sp³-hybridized carbons (Fsp3) is 0.769. The molecule has 3 nitrogen and oxygen atoms in total. The molecule has 2 bridgehead atoms. The van der Waals surface area contributed by atoms with Crippen molar-refractivity contribution in [1.29, 1.82) is 0 Å². The largest absolute Gasteiger partial charge is 0.550 e. The molecule has 0 spiro atoms. The van der Waals surface area contributed by atoms with Gasteiger partial charge in [-0.1, -0.05) is 26.8 Å². The standard InChI is InChI=1S/C13H20O3/c1-12(2)9-6-7-13(12,3)11(16)8(9)4-5-10(14)15/h4,9,11,16H,5-7H2,1-3H3,(H,14,15)/p-1/b8-4-/t9-,11-,13-/m1/s1. The van der Waals surface area contributed by atoms with Crippen LogP contribution in [0, 0.1) is 16.7 Å². The second-order valence-electron chi connectivity index (χ2n) is 5.91. The topological polar surface area (TPSA) is 60.4 Å². The molecule has 0 saturated heterocycles. The molecule has 3 atom stereocenters. The van der Waals surface area contributed by atoms with Crippen molar-refractivity contribution in [2.24, 2.45) is 16.7 Å². The fourth-order valence-corrected chi connectivity index (χ4v) is 3.61. The summed E-state index contributed by atoms with van der Waals surface area (Å²) in [5.74, 6) is -0.753. The van der Waals surface area contributed by atoms with Crippen molar-refractivity contribution in [3.8, 4) is 0 Å². The van der Waals surface area contributed by atoms with Crippen molar-refractivity contribution >= 4 is 5.97 Å². The van der Waals surface area contributed by atoms with E-state index in [1.807, 2.05) is 0 Å². The first-order chi connectivity index (χ1) is 7.30. The summed E-state index contributed by atoms with van der Waals surface area (Å²) in [6.45, 7) is 6.46. The predicted molar refractivity (Wildman–Crippen MR) is 58.3 cm³/mol. The van der Waals surface area contributed by atoms with Gasteiger partial charge in [0.05, 0.1) is 6.10 Å². The van der Waals surface area contributed by atoms with Crippen LogP contribution in [0.25, 0.3) is 0 Å². The third-order valence-corrected chi connectivity index (χ3v) is 5.12. The highest BCUT2D eigenvalue weighted by atomic mass is 16.4. The lowest BCUT2D eigenvalue weighted by atomic mass is 9.70. The van der Waals surface area contributed by atoms with Gasteiger partial charge in [-0.05, 0) is 29.7 Å². The summed E-state index contributed by atoms with van der Waals surface area (Å²) in [5.41, 5.74) is 0.877. The van der Waals surface area contributed by atoms with E-state index in [0.29, 0.717) is 5.92 Å². The Kier molecular flexibility index (Phi) is 2.42. The zero-order valence-electron chi connectivity index (χ0n) is 10.1. The lowest BCUT2D eigenvalue weighted by Gasteiger charge is -2.36. The Morgan fingerprint density at radius 2 is 2.19 bits per heavy atom. The number of carboxylic acid groups (broad SMARTS) is 1. The molecule has 16 heavy (non-hydrogen) atoms. The van der Waals surface area contributed by atoms with Gasteiger partial charge < -0.3 is 15.0 Å². The van der Waals surface area contributed by atoms with Crippen LogP contribution in [0.3, 0.4) is 0 Å². The van der Waals surface area contributed by atoms with Gasteiger partial charge in [-0.3, -0.25) is 0 Å². The highest BCUT2D eigenvalue weighted by molar-refractivity contribution is 5.66. The Hall–Kier alpha value is -0.830. The molecule has 2 rings (SSSR count). The number of fused-ring (bicyclic) bond motifs is 2. The Morgan fingerprint density at radius 1 is 1.56 bits per heavy atom. The van der Waals surface area contributed by atoms with E-state index < -0.39 is 12.1 Å². The number of aliphatic hydroxyl groups is 1. The van der Waals surface area contributed by atoms with Crippen molar-refractivity contribution in [3.05, 3.63) is 11.6 Å². The number of hydrogen-bond acceptors (Lipinski definition) is 3. The van der Waals surface area contributed by atoms with Crippen LogP contribution in [0.1, 0.15) is 40.0 Å². The smallest absolute Gasteiger partial charge is 0.0811 e. The molecule has 2 fully saturated rings. The fourth-order valence-electron chi connectivity index (χ4n) is 3.61. The van der Waals surface area contributed by atoms with Crippen molar-refractivity contribution in [2.75, 3.05) is 0 Å². The summed E-state index contributed by atoms with van der Waals surface area (Å²) in [7, 11) is 0. The monoisotopic (exact) mass is 223 g/mol. The number of carboxylic acids is 1. The second kappa shape index (κ2) is 3.33. The van der Waals surface area contributed by atoms with Gasteiger partial charge in [-0.25, -0.2) is 0 Å². The van der Waals surface area contributed by atoms with E-state index in [4.69, 9.17) is 0 Å². The molecule has 3 heteroatoms. The molecule has 0 aromatic carbocycles. The van der Waals surface area contributed by atoms with Crippen LogP contribution in [0.5, 0.6) is 0 Å². The molecule has 0 amide bonds. The predicted octanol–water partition coefficient (Wildman–Crippen LogP) is 0.870. The SMILES string of the molecule is CC1(C)[C@@H]2CC[C@]1(C)[C@H](O)/C2=C\CC(=O)[O-]. The summed E-state index contributed by atoms with van der Waals surface area (Å²) in [6.07, 6.45) is 3.17. The first-order valence-corrected chi connectivity index (χ1v) is 5.88. The van der Waals surface area contributed by atoms with E-state index >= 15 is 0 Å². The number of rotatable bonds is 2. The third kappa shape index (κ3) is 1.27. The van der Waals surface area contributed by atoms with Gasteiger partial charge in [0, 0.05) is 17.8 Å². The van der Waals surface area contributed by atoms with E-state index in [0.717, 1.165) is 18.4 Å². The molecule has 0 aliphatic heterocycles. The van der Waals surface area contributed by atoms with Gasteiger partial charge in [-0.2, -0.15) is 0 Å². The summed E-state index contributed by atoms with van der Waals surface area (Å²) in [4.78, 5) is 10.5. The van der Waals surface area contributed by atoms with Gasteiger partial charge in [0.1, 0.15) is 0 Å². The highest BCUT2D eigenvalue weighted by Gasteiger charge is 2.63. The molecule has 0 radical (unpaired) electrons. The van der Waals surface area contributed by atoms with Crippen LogP contribution in [-0.2, 0) is 4.79 Å². The molecular formula is C13H19O3-. The van der Waals surface area contributed by atoms with E-state index in [9.17, 15) is 15.0 Å². The number of aliphatic hydroxyl groups excluding tert-OH is 1. The normalized spacial score (nSPS) is 42.9. The van der Waals surface area contributed by atoms with E-state index in [1.165, 1.54) is 0 Å². The average Bonchev–Trinajstić information content (AvgIpc) is 2.47. The van der Waals surface area contributed by atoms with Gasteiger partial charge in [0.2, 0.25) is 0 Å². The van der Waals surface area contributed by atoms with Crippen LogP contribution in [-0.4, -0.2) is 17.2 Å². The average molecular weight is 223 g/mol. The lowest BCUT2D eigenvalue weighted by molar-refractivity contribution is -0.304. The van der Waals surface area contributed by atoms with Crippen LogP contribution in [0.2, 0.25) is 0 Å². The Labute approximate surface area is 96.2 Å². The number of hydrogen-bond donors (Lipinski definition) is 1. The maximum absolute atomic E-state index is 10.5. The number of carbonyl (C=O) groups is 1. The molecule has 2 aliphatic carbocycles. The molecule has 2 saturated carbocycles. The first kappa shape index (κ1) is 11.6. The first-order valence-electron chi connectivity index (χ1n) is 5.88. The lowest BCUT2D eigenvalue weighted by Crippen LogP contribution is -2.35. The third-order valence-electron chi connectivity index (χ3n) is 5.12. The zero-order chi connectivity index (χ0) is 12.1. The zero-order valence-corrected chi connectivity index (χ0v) is 10.1. The van der Waals surface area contributed by atoms with Gasteiger partial charge in [0.25, 0.3) is 0 Å². The van der Waals surface area contributed by atoms with Crippen LogP contribution < -0.4 is 5.11 Å². The van der Waals surface area contributed by atoms with Crippen molar-refractivity contribution in [3.63, 3.8) is 0 Å². The van der Waals surface area contributed by atoms with Crippen molar-refractivity contribution < 1.29 is 15.0 Å². The minimum absolute atomic E-state index is 0.0597. The van der Waals surface area contributed by atoms with Gasteiger partial charge in [0.15, 0.2) is 0 Å². The maximum Gasteiger partial charge on any atom is 0.0811 e. The van der Waals surface area contributed by atoms with Crippen LogP contribution in [0.4, 0.5) is 0 Å². The minimum atomic E-state index is -1.08. The Bertz CT molecular complexity index is 356. The molecule has 1 N–H and O–H groups in total. The molecule has 0 unspecified atom stereocenters. The van der Waals surface area contributed by atoms with Crippen molar-refractivity contribution in [2.45, 2.75) is 46.1 Å². The molecule has 0 aromatic heterocycles. The van der Waals surface area contributed by atoms with Gasteiger partial charge >= 0.3 is 0 Å². The van der Waals surface area contributed by atoms with E-state index in [-0.39, 0.29) is 17.3 Å². The molecule has 2 aliphatic rings. The maximum atomic E-state index is 10.5. The Balaban J connectivity index is 2.33. The van der Waals surface area contributed by atoms with Crippen molar-refractivity contribution in [1.82, 2.24) is 0 Å². The van der Waals surface area contributed by atoms with Crippen LogP contribution >= 0.6 is 0 Å². The molecule has 0 aromatic rings. The highest BCUT2D eigenvalue weighted by Crippen LogP contribution is 2.67. The molecule has 90 valence electrons. The minimum Gasteiger partial charge on any atom is -0.550 e. The number of aliphatic carboxylic acids is 1. The molecular weight excluding hydrogens is 204 g/mol. The van der Waals surface area contributed by atoms with E-state index in [1.54, 1.807) is 6.08 Å². The quantitative estimate of drug-likeness (QED) is 0.707. The second-order valence-corrected chi connectivity index (χ2v) is 5.91.